The van der Waals surface area contributed by atoms with E-state index in [-0.39, 0.29) is 5.91 Å². The molecule has 0 aliphatic carbocycles. The van der Waals surface area contributed by atoms with Gasteiger partial charge in [0, 0.05) is 26.3 Å². The van der Waals surface area contributed by atoms with Gasteiger partial charge in [0.05, 0.1) is 17.4 Å². The molecule has 1 unspecified atom stereocenters. The van der Waals surface area contributed by atoms with Crippen LogP contribution in [0.15, 0.2) is 18.5 Å². The Hall–Kier alpha value is -1.58. The Bertz CT molecular complexity index is 459. The lowest BCUT2D eigenvalue weighted by molar-refractivity contribution is 0.0759. The van der Waals surface area contributed by atoms with Crippen molar-refractivity contribution in [1.29, 1.82) is 0 Å². The van der Waals surface area contributed by atoms with Gasteiger partial charge >= 0.3 is 0 Å². The van der Waals surface area contributed by atoms with Gasteiger partial charge in [-0.25, -0.2) is 0 Å². The number of carbonyl (C=O) groups is 1. The number of carbonyl (C=O) groups excluding carboxylic acids is 1. The maximum atomic E-state index is 12.7. The molecule has 4 heteroatoms. The maximum Gasteiger partial charge on any atom is 0.256 e. The average Bonchev–Trinajstić information content (AvgIpc) is 2.72. The first-order valence-electron chi connectivity index (χ1n) is 7.54. The minimum absolute atomic E-state index is 0.126. The zero-order chi connectivity index (χ0) is 14.5. The highest BCUT2D eigenvalue weighted by atomic mass is 16.2. The quantitative estimate of drug-likeness (QED) is 0.922. The van der Waals surface area contributed by atoms with E-state index in [0.29, 0.717) is 5.92 Å². The largest absolute Gasteiger partial charge is 0.386 e. The van der Waals surface area contributed by atoms with Crippen LogP contribution in [0.5, 0.6) is 0 Å². The maximum absolute atomic E-state index is 12.7. The summed E-state index contributed by atoms with van der Waals surface area (Å²) in [5.74, 6) is 1.58. The predicted molar refractivity (Wildman–Crippen MR) is 81.9 cm³/mol. The number of pyridine rings is 1. The van der Waals surface area contributed by atoms with Gasteiger partial charge in [0.1, 0.15) is 0 Å². The summed E-state index contributed by atoms with van der Waals surface area (Å²) >= 11 is 0. The number of aromatic nitrogens is 1. The average molecular weight is 275 g/mol. The summed E-state index contributed by atoms with van der Waals surface area (Å²) in [6.07, 6.45) is 6.85. The molecule has 0 radical (unpaired) electrons. The number of nitrogens with one attached hydrogen (secondary N) is 1. The number of rotatable bonds is 3. The van der Waals surface area contributed by atoms with E-state index in [1.54, 1.807) is 18.5 Å². The van der Waals surface area contributed by atoms with Crippen LogP contribution in [-0.4, -0.2) is 35.9 Å². The third-order valence-corrected chi connectivity index (χ3v) is 4.32. The van der Waals surface area contributed by atoms with Gasteiger partial charge in [-0.15, -0.1) is 0 Å². The van der Waals surface area contributed by atoms with E-state index < -0.39 is 0 Å². The Morgan fingerprint density at radius 2 is 2.20 bits per heavy atom. The first-order valence-corrected chi connectivity index (χ1v) is 7.54. The van der Waals surface area contributed by atoms with Gasteiger partial charge in [-0.3, -0.25) is 9.78 Å². The fourth-order valence-electron chi connectivity index (χ4n) is 2.94. The highest BCUT2D eigenvalue weighted by Crippen LogP contribution is 2.26. The van der Waals surface area contributed by atoms with Crippen molar-refractivity contribution in [2.75, 3.05) is 25.5 Å². The van der Waals surface area contributed by atoms with Crippen molar-refractivity contribution in [3.05, 3.63) is 24.0 Å². The second kappa shape index (κ2) is 6.73. The molecule has 1 fully saturated rings. The van der Waals surface area contributed by atoms with Crippen molar-refractivity contribution in [2.24, 2.45) is 11.8 Å². The van der Waals surface area contributed by atoms with E-state index in [0.717, 1.165) is 43.1 Å². The summed E-state index contributed by atoms with van der Waals surface area (Å²) in [4.78, 5) is 18.7. The standard InChI is InChI=1S/C16H25N3O/c1-12(2)13-5-4-9-19(10-7-13)16(20)14-6-8-18-11-15(14)17-3/h6,8,11-13,17H,4-5,7,9-10H2,1-3H3. The molecule has 0 aromatic carbocycles. The van der Waals surface area contributed by atoms with Crippen LogP contribution in [0.1, 0.15) is 43.5 Å². The SMILES string of the molecule is CNc1cnccc1C(=O)N1CCCC(C(C)C)CC1. The van der Waals surface area contributed by atoms with E-state index in [9.17, 15) is 4.79 Å². The molecule has 1 N–H and O–H groups in total. The van der Waals surface area contributed by atoms with Crippen LogP contribution in [0, 0.1) is 11.8 Å². The van der Waals surface area contributed by atoms with Crippen LogP contribution >= 0.6 is 0 Å². The number of anilines is 1. The highest BCUT2D eigenvalue weighted by Gasteiger charge is 2.24. The summed E-state index contributed by atoms with van der Waals surface area (Å²) in [5.41, 5.74) is 1.53. The zero-order valence-corrected chi connectivity index (χ0v) is 12.7. The summed E-state index contributed by atoms with van der Waals surface area (Å²) in [6.45, 7) is 6.30. The van der Waals surface area contributed by atoms with Gasteiger partial charge in [-0.1, -0.05) is 13.8 Å². The van der Waals surface area contributed by atoms with E-state index >= 15 is 0 Å². The smallest absolute Gasteiger partial charge is 0.256 e. The number of amides is 1. The molecule has 0 spiro atoms. The summed E-state index contributed by atoms with van der Waals surface area (Å²) in [6, 6.07) is 1.80. The molecule has 0 bridgehead atoms. The Morgan fingerprint density at radius 3 is 2.90 bits per heavy atom. The van der Waals surface area contributed by atoms with Crippen LogP contribution in [0.2, 0.25) is 0 Å². The first kappa shape index (κ1) is 14.8. The number of hydrogen-bond donors (Lipinski definition) is 1. The van der Waals surface area contributed by atoms with E-state index in [4.69, 9.17) is 0 Å². The number of hydrogen-bond acceptors (Lipinski definition) is 3. The zero-order valence-electron chi connectivity index (χ0n) is 12.7. The van der Waals surface area contributed by atoms with Gasteiger partial charge in [-0.2, -0.15) is 0 Å². The lowest BCUT2D eigenvalue weighted by Crippen LogP contribution is -2.32. The fraction of sp³-hybridized carbons (Fsp3) is 0.625. The normalized spacial score (nSPS) is 19.8. The summed E-state index contributed by atoms with van der Waals surface area (Å²) in [7, 11) is 1.82. The number of nitrogens with zero attached hydrogens (tertiary/aromatic N) is 2. The molecule has 1 atom stereocenters. The minimum Gasteiger partial charge on any atom is -0.386 e. The van der Waals surface area contributed by atoms with Gasteiger partial charge in [0.25, 0.3) is 5.91 Å². The fourth-order valence-corrected chi connectivity index (χ4v) is 2.94. The molecule has 0 saturated carbocycles. The van der Waals surface area contributed by atoms with Gasteiger partial charge < -0.3 is 10.2 Å². The Balaban J connectivity index is 2.09. The number of likely N-dealkylation sites (tertiary alicyclic amines) is 1. The van der Waals surface area contributed by atoms with Crippen molar-refractivity contribution in [3.8, 4) is 0 Å². The van der Waals surface area contributed by atoms with Gasteiger partial charge in [-0.05, 0) is 37.2 Å². The van der Waals surface area contributed by atoms with Crippen LogP contribution < -0.4 is 5.32 Å². The topological polar surface area (TPSA) is 45.2 Å². The molecular formula is C16H25N3O. The molecule has 4 nitrogen and oxygen atoms in total. The lowest BCUT2D eigenvalue weighted by atomic mass is 9.89. The minimum atomic E-state index is 0.126. The molecule has 20 heavy (non-hydrogen) atoms. The van der Waals surface area contributed by atoms with Crippen LogP contribution in [0.3, 0.4) is 0 Å². The molecular weight excluding hydrogens is 250 g/mol. The molecule has 1 aliphatic heterocycles. The van der Waals surface area contributed by atoms with Crippen molar-refractivity contribution >= 4 is 11.6 Å². The first-order chi connectivity index (χ1) is 9.63. The highest BCUT2D eigenvalue weighted by molar-refractivity contribution is 5.99. The van der Waals surface area contributed by atoms with Crippen LogP contribution in [-0.2, 0) is 0 Å². The molecule has 2 rings (SSSR count). The molecule has 1 saturated heterocycles. The molecule has 1 aromatic heterocycles. The van der Waals surface area contributed by atoms with E-state index in [1.165, 1.54) is 6.42 Å². The van der Waals surface area contributed by atoms with Crippen molar-refractivity contribution in [2.45, 2.75) is 33.1 Å². The second-order valence-electron chi connectivity index (χ2n) is 5.90. The van der Waals surface area contributed by atoms with E-state index in [1.807, 2.05) is 11.9 Å². The molecule has 2 heterocycles. The summed E-state index contributed by atoms with van der Waals surface area (Å²) < 4.78 is 0. The third-order valence-electron chi connectivity index (χ3n) is 4.32. The monoisotopic (exact) mass is 275 g/mol. The second-order valence-corrected chi connectivity index (χ2v) is 5.90. The Morgan fingerprint density at radius 1 is 1.40 bits per heavy atom. The van der Waals surface area contributed by atoms with Crippen LogP contribution in [0.4, 0.5) is 5.69 Å². The van der Waals surface area contributed by atoms with Gasteiger partial charge in [0.2, 0.25) is 0 Å². The molecule has 110 valence electrons. The van der Waals surface area contributed by atoms with Gasteiger partial charge in [0.15, 0.2) is 0 Å². The van der Waals surface area contributed by atoms with Crippen LogP contribution in [0.25, 0.3) is 0 Å². The Kier molecular flexibility index (Phi) is 4.99. The van der Waals surface area contributed by atoms with E-state index in [2.05, 4.69) is 24.1 Å². The summed E-state index contributed by atoms with van der Waals surface area (Å²) in [5, 5.41) is 3.05. The molecule has 1 aromatic rings. The molecule has 1 aliphatic rings. The third kappa shape index (κ3) is 3.30. The molecule has 1 amide bonds. The van der Waals surface area contributed by atoms with Crippen molar-refractivity contribution in [3.63, 3.8) is 0 Å². The lowest BCUT2D eigenvalue weighted by Gasteiger charge is -2.22. The Labute approximate surface area is 121 Å². The van der Waals surface area contributed by atoms with Crippen molar-refractivity contribution < 1.29 is 4.79 Å². The predicted octanol–water partition coefficient (Wildman–Crippen LogP) is 3.02. The van der Waals surface area contributed by atoms with Crippen molar-refractivity contribution in [1.82, 2.24) is 9.88 Å².